The zero-order valence-electron chi connectivity index (χ0n) is 7.32. The van der Waals surface area contributed by atoms with Crippen molar-refractivity contribution in [3.63, 3.8) is 0 Å². The van der Waals surface area contributed by atoms with E-state index in [0.717, 1.165) is 24.5 Å². The fraction of sp³-hybridized carbons (Fsp3) is 0.400. The van der Waals surface area contributed by atoms with Gasteiger partial charge in [0.2, 0.25) is 0 Å². The molecule has 0 saturated heterocycles. The Kier molecular flexibility index (Phi) is 2.76. The van der Waals surface area contributed by atoms with E-state index in [1.807, 2.05) is 0 Å². The largest absolute Gasteiger partial charge is 0.481 e. The first-order valence-electron chi connectivity index (χ1n) is 4.39. The summed E-state index contributed by atoms with van der Waals surface area (Å²) in [5.74, 6) is 1.74. The van der Waals surface area contributed by atoms with Crippen LogP contribution in [0.1, 0.15) is 12.0 Å². The summed E-state index contributed by atoms with van der Waals surface area (Å²) in [6.45, 7) is 0.257. The number of aliphatic hydroxyl groups excluding tert-OH is 1. The van der Waals surface area contributed by atoms with Gasteiger partial charge in [-0.1, -0.05) is 17.8 Å². The van der Waals surface area contributed by atoms with Gasteiger partial charge in [-0.3, -0.25) is 0 Å². The first-order valence-corrected chi connectivity index (χ1v) is 5.38. The minimum Gasteiger partial charge on any atom is -0.481 e. The first kappa shape index (κ1) is 8.91. The summed E-state index contributed by atoms with van der Waals surface area (Å²) >= 11 is 1.73. The summed E-state index contributed by atoms with van der Waals surface area (Å²) in [6.07, 6.45) is 1.75. The summed E-state index contributed by atoms with van der Waals surface area (Å²) in [5.41, 5.74) is 1.25. The zero-order chi connectivity index (χ0) is 9.10. The van der Waals surface area contributed by atoms with Gasteiger partial charge in [-0.2, -0.15) is 0 Å². The van der Waals surface area contributed by atoms with Crippen LogP contribution < -0.4 is 4.74 Å². The van der Waals surface area contributed by atoms with Crippen LogP contribution in [-0.2, 0) is 6.42 Å². The van der Waals surface area contributed by atoms with Gasteiger partial charge < -0.3 is 9.84 Å². The van der Waals surface area contributed by atoms with Crippen molar-refractivity contribution in [2.75, 3.05) is 12.5 Å². The van der Waals surface area contributed by atoms with Crippen LogP contribution in [0.3, 0.4) is 0 Å². The van der Waals surface area contributed by atoms with E-state index in [-0.39, 0.29) is 6.61 Å². The molecule has 1 heterocycles. The van der Waals surface area contributed by atoms with Crippen LogP contribution >= 0.6 is 11.8 Å². The van der Waals surface area contributed by atoms with Gasteiger partial charge in [-0.15, -0.1) is 0 Å². The fourth-order valence-electron chi connectivity index (χ4n) is 1.38. The average molecular weight is 196 g/mol. The summed E-state index contributed by atoms with van der Waals surface area (Å²) in [7, 11) is 0. The van der Waals surface area contributed by atoms with E-state index in [1.165, 1.54) is 10.5 Å². The second-order valence-corrected chi connectivity index (χ2v) is 3.98. The molecule has 2 rings (SSSR count). The molecule has 3 heteroatoms. The van der Waals surface area contributed by atoms with E-state index in [0.29, 0.717) is 0 Å². The van der Waals surface area contributed by atoms with Gasteiger partial charge >= 0.3 is 0 Å². The number of hydrogen-bond donors (Lipinski definition) is 1. The predicted molar refractivity (Wildman–Crippen MR) is 53.2 cm³/mol. The summed E-state index contributed by atoms with van der Waals surface area (Å²) in [4.78, 5) is 1.23. The van der Waals surface area contributed by atoms with Gasteiger partial charge in [0.05, 0.1) is 4.90 Å². The second kappa shape index (κ2) is 4.03. The number of rotatable bonds is 3. The highest BCUT2D eigenvalue weighted by molar-refractivity contribution is 7.99. The van der Waals surface area contributed by atoms with Crippen LogP contribution in [0.25, 0.3) is 0 Å². The fourth-order valence-corrected chi connectivity index (χ4v) is 2.12. The molecule has 0 aliphatic carbocycles. The lowest BCUT2D eigenvalue weighted by atomic mass is 10.1. The Morgan fingerprint density at radius 2 is 2.38 bits per heavy atom. The molecule has 0 fully saturated rings. The van der Waals surface area contributed by atoms with Crippen LogP contribution in [0, 0.1) is 0 Å². The molecule has 0 aromatic heterocycles. The van der Waals surface area contributed by atoms with Gasteiger partial charge in [0.25, 0.3) is 0 Å². The van der Waals surface area contributed by atoms with Crippen molar-refractivity contribution in [1.29, 1.82) is 0 Å². The Balaban J connectivity index is 2.12. The molecule has 0 saturated carbocycles. The Labute approximate surface area is 81.9 Å². The molecule has 1 aromatic rings. The molecule has 1 N–H and O–H groups in total. The lowest BCUT2D eigenvalue weighted by Gasteiger charge is -2.02. The standard InChI is InChI=1S/C10H12O2S/c11-5-1-2-8-3-4-10-9(6-8)12-7-13-10/h3-4,6,11H,1-2,5,7H2. The first-order chi connectivity index (χ1) is 6.40. The quantitative estimate of drug-likeness (QED) is 0.802. The highest BCUT2D eigenvalue weighted by Crippen LogP contribution is 2.36. The van der Waals surface area contributed by atoms with E-state index < -0.39 is 0 Å². The summed E-state index contributed by atoms with van der Waals surface area (Å²) in [6, 6.07) is 6.28. The third kappa shape index (κ3) is 1.98. The van der Waals surface area contributed by atoms with E-state index in [2.05, 4.69) is 18.2 Å². The molecule has 0 atom stereocenters. The molecule has 0 amide bonds. The molecule has 1 aliphatic heterocycles. The minimum absolute atomic E-state index is 0.257. The Morgan fingerprint density at radius 3 is 3.23 bits per heavy atom. The molecule has 0 bridgehead atoms. The van der Waals surface area contributed by atoms with E-state index in [9.17, 15) is 0 Å². The Bertz CT molecular complexity index is 299. The topological polar surface area (TPSA) is 29.5 Å². The summed E-state index contributed by atoms with van der Waals surface area (Å²) < 4.78 is 5.42. The molecule has 0 radical (unpaired) electrons. The van der Waals surface area contributed by atoms with Crippen LogP contribution in [0.4, 0.5) is 0 Å². The zero-order valence-corrected chi connectivity index (χ0v) is 8.14. The highest BCUT2D eigenvalue weighted by Gasteiger charge is 2.12. The molecule has 2 nitrogen and oxygen atoms in total. The van der Waals surface area contributed by atoms with E-state index in [4.69, 9.17) is 9.84 Å². The SMILES string of the molecule is OCCCc1ccc2c(c1)OCS2. The third-order valence-corrected chi connectivity index (χ3v) is 2.94. The predicted octanol–water partition coefficient (Wildman–Crippen LogP) is 2.05. The molecule has 1 aliphatic rings. The van der Waals surface area contributed by atoms with Crippen molar-refractivity contribution in [2.24, 2.45) is 0 Å². The average Bonchev–Trinajstić information content (AvgIpc) is 2.61. The summed E-state index contributed by atoms with van der Waals surface area (Å²) in [5, 5.41) is 8.69. The van der Waals surface area contributed by atoms with Gasteiger partial charge in [-0.05, 0) is 30.5 Å². The van der Waals surface area contributed by atoms with E-state index in [1.54, 1.807) is 11.8 Å². The van der Waals surface area contributed by atoms with Crippen LogP contribution in [0.2, 0.25) is 0 Å². The van der Waals surface area contributed by atoms with Gasteiger partial charge in [-0.25, -0.2) is 0 Å². The Morgan fingerprint density at radius 1 is 1.46 bits per heavy atom. The monoisotopic (exact) mass is 196 g/mol. The number of fused-ring (bicyclic) bond motifs is 1. The minimum atomic E-state index is 0.257. The van der Waals surface area contributed by atoms with Crippen LogP contribution in [0.15, 0.2) is 23.1 Å². The number of thioether (sulfide) groups is 1. The lowest BCUT2D eigenvalue weighted by Crippen LogP contribution is -1.90. The van der Waals surface area contributed by atoms with Crippen molar-refractivity contribution in [3.05, 3.63) is 23.8 Å². The van der Waals surface area contributed by atoms with Crippen molar-refractivity contribution >= 4 is 11.8 Å². The lowest BCUT2D eigenvalue weighted by molar-refractivity contribution is 0.288. The van der Waals surface area contributed by atoms with Crippen LogP contribution in [-0.4, -0.2) is 17.7 Å². The van der Waals surface area contributed by atoms with Crippen molar-refractivity contribution in [3.8, 4) is 5.75 Å². The molecular formula is C10H12O2S. The number of benzene rings is 1. The Hall–Kier alpha value is -0.670. The molecule has 13 heavy (non-hydrogen) atoms. The molecule has 70 valence electrons. The smallest absolute Gasteiger partial charge is 0.138 e. The van der Waals surface area contributed by atoms with Gasteiger partial charge in [0, 0.05) is 6.61 Å². The second-order valence-electron chi connectivity index (χ2n) is 3.01. The number of aryl methyl sites for hydroxylation is 1. The number of ether oxygens (including phenoxy) is 1. The van der Waals surface area contributed by atoms with Crippen molar-refractivity contribution in [2.45, 2.75) is 17.7 Å². The highest BCUT2D eigenvalue weighted by atomic mass is 32.2. The van der Waals surface area contributed by atoms with Crippen molar-refractivity contribution < 1.29 is 9.84 Å². The molecule has 0 unspecified atom stereocenters. The van der Waals surface area contributed by atoms with Gasteiger partial charge in [0.15, 0.2) is 0 Å². The maximum absolute atomic E-state index is 8.69. The number of hydrogen-bond acceptors (Lipinski definition) is 3. The van der Waals surface area contributed by atoms with E-state index >= 15 is 0 Å². The van der Waals surface area contributed by atoms with Crippen LogP contribution in [0.5, 0.6) is 5.75 Å². The number of aliphatic hydroxyl groups is 1. The molecular weight excluding hydrogens is 184 g/mol. The van der Waals surface area contributed by atoms with Gasteiger partial charge in [0.1, 0.15) is 11.7 Å². The molecule has 0 spiro atoms. The normalized spacial score (nSPS) is 13.9. The van der Waals surface area contributed by atoms with Crippen molar-refractivity contribution in [1.82, 2.24) is 0 Å². The third-order valence-electron chi connectivity index (χ3n) is 2.06. The maximum atomic E-state index is 8.69. The maximum Gasteiger partial charge on any atom is 0.138 e. The molecule has 1 aromatic carbocycles.